The Hall–Kier alpha value is -3.13. The van der Waals surface area contributed by atoms with E-state index in [1.807, 2.05) is 50.4 Å². The van der Waals surface area contributed by atoms with Crippen LogP contribution in [0.2, 0.25) is 0 Å². The van der Waals surface area contributed by atoms with Gasteiger partial charge in [-0.25, -0.2) is 14.5 Å². The van der Waals surface area contributed by atoms with Crippen LogP contribution in [0.4, 0.5) is 0 Å². The number of pyridine rings is 1. The van der Waals surface area contributed by atoms with E-state index in [9.17, 15) is 9.59 Å². The van der Waals surface area contributed by atoms with Crippen molar-refractivity contribution in [1.29, 1.82) is 0 Å². The number of benzene rings is 1. The Kier molecular flexibility index (Phi) is 6.89. The molecule has 0 saturated carbocycles. The van der Waals surface area contributed by atoms with Gasteiger partial charge in [0.25, 0.3) is 5.91 Å². The van der Waals surface area contributed by atoms with Crippen LogP contribution in [0.1, 0.15) is 40.3 Å². The molecule has 8 heteroatoms. The molecular weight excluding hydrogens is 400 g/mol. The average Bonchev–Trinajstić information content (AvgIpc) is 3.06. The molecule has 3 rings (SSSR count). The van der Waals surface area contributed by atoms with Crippen molar-refractivity contribution >= 4 is 23.6 Å². The zero-order valence-corrected chi connectivity index (χ0v) is 18.2. The molecule has 2 aromatic heterocycles. The van der Waals surface area contributed by atoms with E-state index in [0.29, 0.717) is 16.8 Å². The summed E-state index contributed by atoms with van der Waals surface area (Å²) in [6, 6.07) is 12.0. The van der Waals surface area contributed by atoms with Crippen LogP contribution in [-0.2, 0) is 9.53 Å². The van der Waals surface area contributed by atoms with Crippen LogP contribution in [0.25, 0.3) is 5.69 Å². The molecule has 30 heavy (non-hydrogen) atoms. The molecule has 7 nitrogen and oxygen atoms in total. The summed E-state index contributed by atoms with van der Waals surface area (Å²) in [5.74, 6) is -0.902. The number of amides is 1. The molecule has 0 aliphatic heterocycles. The van der Waals surface area contributed by atoms with Gasteiger partial charge in [-0.05, 0) is 51.3 Å². The molecule has 1 N–H and O–H groups in total. The van der Waals surface area contributed by atoms with Gasteiger partial charge in [0, 0.05) is 23.0 Å². The monoisotopic (exact) mass is 424 g/mol. The molecule has 0 aliphatic rings. The van der Waals surface area contributed by atoms with Crippen molar-refractivity contribution in [2.45, 2.75) is 31.8 Å². The lowest BCUT2D eigenvalue weighted by Gasteiger charge is -2.18. The molecule has 1 amide bonds. The molecule has 0 saturated heterocycles. The first-order valence-electron chi connectivity index (χ1n) is 9.55. The maximum atomic E-state index is 12.9. The third-order valence-corrected chi connectivity index (χ3v) is 5.28. The highest BCUT2D eigenvalue weighted by molar-refractivity contribution is 7.98. The molecule has 156 valence electrons. The number of thioether (sulfide) groups is 1. The summed E-state index contributed by atoms with van der Waals surface area (Å²) in [5, 5.41) is 8.15. The van der Waals surface area contributed by atoms with Crippen LogP contribution in [0.3, 0.4) is 0 Å². The molecule has 2 heterocycles. The predicted molar refractivity (Wildman–Crippen MR) is 116 cm³/mol. The Labute approximate surface area is 179 Å². The number of nitrogens with zero attached hydrogens (tertiary/aromatic N) is 3. The molecule has 0 spiro atoms. The van der Waals surface area contributed by atoms with Crippen LogP contribution in [0.15, 0.2) is 53.7 Å². The number of nitrogens with one attached hydrogen (secondary N) is 1. The van der Waals surface area contributed by atoms with Crippen LogP contribution in [-0.4, -0.2) is 39.5 Å². The SMILES string of the molecule is CCOC(=O)[C@H](NC(=O)c1ccnc(SC)c1)c1c(C)nn(-c2ccccc2)c1C. The maximum Gasteiger partial charge on any atom is 0.333 e. The second-order valence-corrected chi connectivity index (χ2v) is 7.40. The van der Waals surface area contributed by atoms with E-state index < -0.39 is 12.0 Å². The Morgan fingerprint density at radius 1 is 1.20 bits per heavy atom. The highest BCUT2D eigenvalue weighted by atomic mass is 32.2. The van der Waals surface area contributed by atoms with Gasteiger partial charge >= 0.3 is 5.97 Å². The first kappa shape index (κ1) is 21.6. The Morgan fingerprint density at radius 2 is 1.93 bits per heavy atom. The highest BCUT2D eigenvalue weighted by Crippen LogP contribution is 2.26. The summed E-state index contributed by atoms with van der Waals surface area (Å²) in [5.41, 5.74) is 3.34. The molecule has 0 unspecified atom stereocenters. The van der Waals surface area contributed by atoms with Crippen LogP contribution < -0.4 is 5.32 Å². The lowest BCUT2D eigenvalue weighted by molar-refractivity contribution is -0.145. The summed E-state index contributed by atoms with van der Waals surface area (Å²) in [4.78, 5) is 29.9. The van der Waals surface area contributed by atoms with E-state index in [1.165, 1.54) is 11.8 Å². The third-order valence-electron chi connectivity index (χ3n) is 4.64. The number of aromatic nitrogens is 3. The van der Waals surface area contributed by atoms with Gasteiger partial charge in [-0.15, -0.1) is 11.8 Å². The minimum atomic E-state index is -0.971. The first-order chi connectivity index (χ1) is 14.5. The van der Waals surface area contributed by atoms with Gasteiger partial charge in [-0.2, -0.15) is 5.10 Å². The van der Waals surface area contributed by atoms with Crippen molar-refractivity contribution in [2.75, 3.05) is 12.9 Å². The second-order valence-electron chi connectivity index (χ2n) is 6.58. The van der Waals surface area contributed by atoms with Gasteiger partial charge in [-0.1, -0.05) is 18.2 Å². The summed E-state index contributed by atoms with van der Waals surface area (Å²) in [7, 11) is 0. The van der Waals surface area contributed by atoms with E-state index in [0.717, 1.165) is 16.4 Å². The average molecular weight is 425 g/mol. The van der Waals surface area contributed by atoms with E-state index in [4.69, 9.17) is 4.74 Å². The second kappa shape index (κ2) is 9.58. The molecule has 0 fully saturated rings. The Bertz CT molecular complexity index is 1050. The fraction of sp³-hybridized carbons (Fsp3) is 0.273. The lowest BCUT2D eigenvalue weighted by Crippen LogP contribution is -2.35. The number of ether oxygens (including phenoxy) is 1. The van der Waals surface area contributed by atoms with Gasteiger partial charge in [0.2, 0.25) is 0 Å². The number of rotatable bonds is 7. The van der Waals surface area contributed by atoms with Crippen molar-refractivity contribution in [2.24, 2.45) is 0 Å². The molecule has 3 aromatic rings. The molecule has 0 radical (unpaired) electrons. The van der Waals surface area contributed by atoms with E-state index in [-0.39, 0.29) is 12.5 Å². The van der Waals surface area contributed by atoms with Gasteiger partial charge < -0.3 is 10.1 Å². The first-order valence-corrected chi connectivity index (χ1v) is 10.8. The van der Waals surface area contributed by atoms with E-state index in [1.54, 1.807) is 29.9 Å². The van der Waals surface area contributed by atoms with E-state index >= 15 is 0 Å². The van der Waals surface area contributed by atoms with Crippen molar-refractivity contribution in [3.8, 4) is 5.69 Å². The molecule has 0 bridgehead atoms. The van der Waals surface area contributed by atoms with Crippen molar-refractivity contribution in [3.63, 3.8) is 0 Å². The van der Waals surface area contributed by atoms with Gasteiger partial charge in [0.15, 0.2) is 6.04 Å². The zero-order chi connectivity index (χ0) is 21.7. The number of aryl methyl sites for hydroxylation is 1. The van der Waals surface area contributed by atoms with Crippen molar-refractivity contribution in [1.82, 2.24) is 20.1 Å². The molecule has 1 aromatic carbocycles. The van der Waals surface area contributed by atoms with E-state index in [2.05, 4.69) is 15.4 Å². The lowest BCUT2D eigenvalue weighted by atomic mass is 10.0. The fourth-order valence-electron chi connectivity index (χ4n) is 3.24. The Morgan fingerprint density at radius 3 is 2.60 bits per heavy atom. The number of carbonyl (C=O) groups is 2. The normalized spacial score (nSPS) is 11.7. The topological polar surface area (TPSA) is 86.1 Å². The number of esters is 1. The molecular formula is C22H24N4O3S. The quantitative estimate of drug-likeness (QED) is 0.460. The van der Waals surface area contributed by atoms with Gasteiger partial charge in [-0.3, -0.25) is 4.79 Å². The smallest absolute Gasteiger partial charge is 0.333 e. The minimum absolute atomic E-state index is 0.210. The maximum absolute atomic E-state index is 12.9. The summed E-state index contributed by atoms with van der Waals surface area (Å²) in [6.45, 7) is 5.64. The number of para-hydroxylation sites is 1. The highest BCUT2D eigenvalue weighted by Gasteiger charge is 2.30. The van der Waals surface area contributed by atoms with Crippen LogP contribution in [0, 0.1) is 13.8 Å². The largest absolute Gasteiger partial charge is 0.464 e. The zero-order valence-electron chi connectivity index (χ0n) is 17.4. The number of carbonyl (C=O) groups excluding carboxylic acids is 2. The summed E-state index contributed by atoms with van der Waals surface area (Å²) in [6.07, 6.45) is 3.46. The molecule has 1 atom stereocenters. The van der Waals surface area contributed by atoms with Crippen LogP contribution >= 0.6 is 11.8 Å². The fourth-order valence-corrected chi connectivity index (χ4v) is 3.66. The van der Waals surface area contributed by atoms with Crippen molar-refractivity contribution < 1.29 is 14.3 Å². The third kappa shape index (κ3) is 4.54. The number of hydrogen-bond acceptors (Lipinski definition) is 6. The molecule has 0 aliphatic carbocycles. The number of hydrogen-bond donors (Lipinski definition) is 1. The van der Waals surface area contributed by atoms with Crippen molar-refractivity contribution in [3.05, 3.63) is 71.2 Å². The summed E-state index contributed by atoms with van der Waals surface area (Å²) < 4.78 is 7.02. The van der Waals surface area contributed by atoms with Gasteiger partial charge in [0.1, 0.15) is 0 Å². The standard InChI is InChI=1S/C22H24N4O3S/c1-5-29-22(28)20(24-21(27)16-11-12-23-18(13-16)30-4)19-14(2)25-26(15(19)3)17-9-7-6-8-10-17/h6-13,20H,5H2,1-4H3,(H,24,27)/t20-/m1/s1. The van der Waals surface area contributed by atoms with Crippen LogP contribution in [0.5, 0.6) is 0 Å². The summed E-state index contributed by atoms with van der Waals surface area (Å²) >= 11 is 1.44. The predicted octanol–water partition coefficient (Wildman–Crippen LogP) is 3.64. The Balaban J connectivity index is 1.99. The van der Waals surface area contributed by atoms with Gasteiger partial charge in [0.05, 0.1) is 23.0 Å². The minimum Gasteiger partial charge on any atom is -0.464 e.